The highest BCUT2D eigenvalue weighted by Crippen LogP contribution is 2.29. The molecule has 0 unspecified atom stereocenters. The first-order valence-electron chi connectivity index (χ1n) is 5.35. The lowest BCUT2D eigenvalue weighted by molar-refractivity contribution is -0.123. The molecule has 0 radical (unpaired) electrons. The van der Waals surface area contributed by atoms with Gasteiger partial charge in [-0.25, -0.2) is 8.42 Å². The van der Waals surface area contributed by atoms with Crippen molar-refractivity contribution in [2.45, 2.75) is 11.3 Å². The van der Waals surface area contributed by atoms with E-state index in [-0.39, 0.29) is 30.2 Å². The van der Waals surface area contributed by atoms with Gasteiger partial charge in [-0.15, -0.1) is 0 Å². The van der Waals surface area contributed by atoms with E-state index < -0.39 is 15.0 Å². The molecule has 0 aromatic heterocycles. The minimum absolute atomic E-state index is 0.0152. The summed E-state index contributed by atoms with van der Waals surface area (Å²) in [6.45, 7) is -0.161. The molecule has 9 heteroatoms. The summed E-state index contributed by atoms with van der Waals surface area (Å²) in [6.07, 6.45) is 0.186. The molecular formula is C11H10BrClN2O4S. The molecule has 1 aromatic carbocycles. The average Bonchev–Trinajstić information content (AvgIpc) is 2.36. The highest BCUT2D eigenvalue weighted by atomic mass is 79.9. The van der Waals surface area contributed by atoms with Gasteiger partial charge >= 0.3 is 0 Å². The van der Waals surface area contributed by atoms with Crippen molar-refractivity contribution >= 4 is 41.6 Å². The molecule has 0 aliphatic heterocycles. The Morgan fingerprint density at radius 3 is 2.80 bits per heavy atom. The number of rotatable bonds is 6. The van der Waals surface area contributed by atoms with Crippen molar-refractivity contribution in [2.75, 3.05) is 13.2 Å². The number of hydrogen-bond acceptors (Lipinski definition) is 5. The first-order valence-corrected chi connectivity index (χ1v) is 8.45. The van der Waals surface area contributed by atoms with Crippen LogP contribution in [0.2, 0.25) is 0 Å². The Balaban J connectivity index is 2.74. The van der Waals surface area contributed by atoms with Gasteiger partial charge in [0.2, 0.25) is 0 Å². The standard InChI is InChI=1S/C11H10BrClN2O4S/c12-8-2-3-9(10(6-8)20(13,17)18)19-7-11(16)15-5-1-4-14/h2-3,6H,1,5,7H2,(H,15,16). The normalized spacial score (nSPS) is 10.7. The van der Waals surface area contributed by atoms with Crippen LogP contribution in [0.25, 0.3) is 0 Å². The summed E-state index contributed by atoms with van der Waals surface area (Å²) < 4.78 is 28.4. The van der Waals surface area contributed by atoms with E-state index in [2.05, 4.69) is 21.2 Å². The molecule has 108 valence electrons. The second kappa shape index (κ2) is 7.47. The van der Waals surface area contributed by atoms with Crippen molar-refractivity contribution in [1.29, 1.82) is 5.26 Å². The number of nitrogens with one attached hydrogen (secondary N) is 1. The van der Waals surface area contributed by atoms with Gasteiger partial charge in [-0.1, -0.05) is 15.9 Å². The van der Waals surface area contributed by atoms with Crippen molar-refractivity contribution in [3.8, 4) is 11.8 Å². The van der Waals surface area contributed by atoms with Crippen molar-refractivity contribution in [2.24, 2.45) is 0 Å². The molecule has 0 fully saturated rings. The van der Waals surface area contributed by atoms with E-state index in [1.54, 1.807) is 6.07 Å². The molecule has 0 atom stereocenters. The van der Waals surface area contributed by atoms with Gasteiger partial charge in [-0.05, 0) is 18.2 Å². The van der Waals surface area contributed by atoms with Gasteiger partial charge in [0.1, 0.15) is 10.6 Å². The van der Waals surface area contributed by atoms with Gasteiger partial charge in [0.25, 0.3) is 15.0 Å². The summed E-state index contributed by atoms with van der Waals surface area (Å²) in [6, 6.07) is 6.11. The van der Waals surface area contributed by atoms with E-state index in [1.807, 2.05) is 6.07 Å². The molecule has 1 aromatic rings. The molecule has 1 amide bonds. The highest BCUT2D eigenvalue weighted by molar-refractivity contribution is 9.10. The van der Waals surface area contributed by atoms with Crippen molar-refractivity contribution < 1.29 is 17.9 Å². The van der Waals surface area contributed by atoms with E-state index in [0.29, 0.717) is 4.47 Å². The maximum absolute atomic E-state index is 11.4. The molecule has 6 nitrogen and oxygen atoms in total. The minimum Gasteiger partial charge on any atom is -0.482 e. The van der Waals surface area contributed by atoms with E-state index in [0.717, 1.165) is 0 Å². The summed E-state index contributed by atoms with van der Waals surface area (Å²) >= 11 is 3.12. The lowest BCUT2D eigenvalue weighted by Gasteiger charge is -2.09. The molecule has 0 aliphatic rings. The van der Waals surface area contributed by atoms with Crippen LogP contribution in [0.4, 0.5) is 0 Å². The molecular weight excluding hydrogens is 372 g/mol. The van der Waals surface area contributed by atoms with E-state index in [4.69, 9.17) is 20.7 Å². The van der Waals surface area contributed by atoms with Crippen LogP contribution >= 0.6 is 26.6 Å². The van der Waals surface area contributed by atoms with Gasteiger partial charge < -0.3 is 10.1 Å². The van der Waals surface area contributed by atoms with E-state index >= 15 is 0 Å². The second-order valence-electron chi connectivity index (χ2n) is 3.58. The van der Waals surface area contributed by atoms with E-state index in [9.17, 15) is 13.2 Å². The number of halogens is 2. The van der Waals surface area contributed by atoms with Crippen LogP contribution in [-0.4, -0.2) is 27.5 Å². The quantitative estimate of drug-likeness (QED) is 0.598. The first-order chi connectivity index (χ1) is 9.34. The van der Waals surface area contributed by atoms with Crippen LogP contribution in [0.3, 0.4) is 0 Å². The average molecular weight is 382 g/mol. The Hall–Kier alpha value is -1.30. The fourth-order valence-corrected chi connectivity index (χ4v) is 2.75. The van der Waals surface area contributed by atoms with Gasteiger partial charge in [0.05, 0.1) is 12.5 Å². The zero-order valence-corrected chi connectivity index (χ0v) is 13.3. The number of hydrogen-bond donors (Lipinski definition) is 1. The number of nitrogens with zero attached hydrogens (tertiary/aromatic N) is 1. The monoisotopic (exact) mass is 380 g/mol. The molecule has 0 saturated heterocycles. The van der Waals surface area contributed by atoms with Crippen LogP contribution in [0.5, 0.6) is 5.75 Å². The summed E-state index contributed by atoms with van der Waals surface area (Å²) in [7, 11) is 1.31. The Morgan fingerprint density at radius 1 is 1.50 bits per heavy atom. The van der Waals surface area contributed by atoms with Crippen LogP contribution in [0.1, 0.15) is 6.42 Å². The molecule has 0 saturated carbocycles. The van der Waals surface area contributed by atoms with Crippen LogP contribution < -0.4 is 10.1 Å². The predicted octanol–water partition coefficient (Wildman–Crippen LogP) is 1.79. The Labute approximate surface area is 129 Å². The van der Waals surface area contributed by atoms with Gasteiger partial charge in [-0.2, -0.15) is 5.26 Å². The number of nitriles is 1. The molecule has 0 aliphatic carbocycles. The molecule has 1 N–H and O–H groups in total. The lowest BCUT2D eigenvalue weighted by Crippen LogP contribution is -2.29. The first kappa shape index (κ1) is 16.8. The number of carbonyl (C=O) groups is 1. The van der Waals surface area contributed by atoms with Gasteiger partial charge in [-0.3, -0.25) is 4.79 Å². The molecule has 1 rings (SSSR count). The topological polar surface area (TPSA) is 96.3 Å². The number of ether oxygens (including phenoxy) is 1. The Morgan fingerprint density at radius 2 is 2.20 bits per heavy atom. The fourth-order valence-electron chi connectivity index (χ4n) is 1.24. The Kier molecular flexibility index (Phi) is 6.26. The third-order valence-corrected chi connectivity index (χ3v) is 3.92. The summed E-state index contributed by atoms with van der Waals surface area (Å²) in [5, 5.41) is 10.8. The molecule has 0 bridgehead atoms. The summed E-state index contributed by atoms with van der Waals surface area (Å²) in [4.78, 5) is 11.2. The van der Waals surface area contributed by atoms with Crippen molar-refractivity contribution in [1.82, 2.24) is 5.32 Å². The third kappa shape index (κ3) is 5.36. The zero-order chi connectivity index (χ0) is 15.2. The van der Waals surface area contributed by atoms with Crippen LogP contribution in [0, 0.1) is 11.3 Å². The van der Waals surface area contributed by atoms with Gasteiger partial charge in [0, 0.05) is 21.7 Å². The predicted molar refractivity (Wildman–Crippen MR) is 75.9 cm³/mol. The smallest absolute Gasteiger partial charge is 0.265 e. The molecule has 20 heavy (non-hydrogen) atoms. The minimum atomic E-state index is -3.98. The summed E-state index contributed by atoms with van der Waals surface area (Å²) in [5.41, 5.74) is 0. The van der Waals surface area contributed by atoms with Crippen LogP contribution in [-0.2, 0) is 13.8 Å². The SMILES string of the molecule is N#CCCNC(=O)COc1ccc(Br)cc1S(=O)(=O)Cl. The van der Waals surface area contributed by atoms with Crippen molar-refractivity contribution in [3.63, 3.8) is 0 Å². The largest absolute Gasteiger partial charge is 0.482 e. The summed E-state index contributed by atoms with van der Waals surface area (Å²) in [5.74, 6) is -0.472. The second-order valence-corrected chi connectivity index (χ2v) is 7.03. The number of carbonyl (C=O) groups excluding carboxylic acids is 1. The highest BCUT2D eigenvalue weighted by Gasteiger charge is 2.18. The Bertz CT molecular complexity index is 642. The fraction of sp³-hybridized carbons (Fsp3) is 0.273. The number of amides is 1. The van der Waals surface area contributed by atoms with Crippen molar-refractivity contribution in [3.05, 3.63) is 22.7 Å². The van der Waals surface area contributed by atoms with Gasteiger partial charge in [0.15, 0.2) is 6.61 Å². The third-order valence-electron chi connectivity index (χ3n) is 2.09. The van der Waals surface area contributed by atoms with E-state index in [1.165, 1.54) is 12.1 Å². The van der Waals surface area contributed by atoms with Crippen LogP contribution in [0.15, 0.2) is 27.6 Å². The maximum atomic E-state index is 11.4. The maximum Gasteiger partial charge on any atom is 0.265 e. The molecule has 0 heterocycles. The number of benzene rings is 1. The lowest BCUT2D eigenvalue weighted by atomic mass is 10.3. The zero-order valence-electron chi connectivity index (χ0n) is 10.1. The molecule has 0 spiro atoms.